The molecule has 0 unspecified atom stereocenters. The van der Waals surface area contributed by atoms with Gasteiger partial charge in [-0.05, 0) is 38.2 Å². The number of sulfonamides is 1. The summed E-state index contributed by atoms with van der Waals surface area (Å²) in [6.45, 7) is 4.22. The molecule has 23 heavy (non-hydrogen) atoms. The van der Waals surface area contributed by atoms with Crippen molar-refractivity contribution in [3.05, 3.63) is 30.1 Å². The number of anilines is 1. The molecule has 2 rings (SSSR count). The molecule has 0 bridgehead atoms. The van der Waals surface area contributed by atoms with Crippen LogP contribution in [-0.4, -0.2) is 69.6 Å². The van der Waals surface area contributed by atoms with Gasteiger partial charge < -0.3 is 9.80 Å². The number of carbonyl (C=O) groups excluding carboxylic acids is 1. The third-order valence-electron chi connectivity index (χ3n) is 3.96. The topological polar surface area (TPSA) is 60.9 Å². The zero-order valence-corrected chi connectivity index (χ0v) is 14.4. The minimum absolute atomic E-state index is 0.243. The highest BCUT2D eigenvalue weighted by molar-refractivity contribution is 7.92. The Kier molecular flexibility index (Phi) is 5.26. The van der Waals surface area contributed by atoms with E-state index >= 15 is 0 Å². The fourth-order valence-corrected chi connectivity index (χ4v) is 3.85. The Morgan fingerprint density at radius 2 is 1.70 bits per heavy atom. The van der Waals surface area contributed by atoms with Crippen molar-refractivity contribution in [3.8, 4) is 0 Å². The molecule has 0 aliphatic carbocycles. The van der Waals surface area contributed by atoms with E-state index in [0.29, 0.717) is 13.1 Å². The number of hydrogen-bond donors (Lipinski definition) is 0. The second kappa shape index (κ2) is 6.84. The number of benzene rings is 1. The summed E-state index contributed by atoms with van der Waals surface area (Å²) in [4.78, 5) is 16.4. The van der Waals surface area contributed by atoms with Crippen LogP contribution >= 0.6 is 0 Å². The van der Waals surface area contributed by atoms with Gasteiger partial charge in [-0.25, -0.2) is 12.8 Å². The Bertz CT molecular complexity index is 655. The minimum Gasteiger partial charge on any atom is -0.338 e. The lowest BCUT2D eigenvalue weighted by Gasteiger charge is -2.36. The summed E-state index contributed by atoms with van der Waals surface area (Å²) < 4.78 is 38.4. The molecular weight excluding hydrogens is 321 g/mol. The van der Waals surface area contributed by atoms with E-state index in [1.165, 1.54) is 24.3 Å². The van der Waals surface area contributed by atoms with Gasteiger partial charge in [0.25, 0.3) is 0 Å². The van der Waals surface area contributed by atoms with Gasteiger partial charge in [-0.2, -0.15) is 0 Å². The van der Waals surface area contributed by atoms with Crippen LogP contribution in [0.1, 0.15) is 6.92 Å². The molecule has 1 aromatic carbocycles. The van der Waals surface area contributed by atoms with Crippen LogP contribution in [0.3, 0.4) is 0 Å². The minimum atomic E-state index is -3.67. The van der Waals surface area contributed by atoms with Crippen LogP contribution < -0.4 is 4.31 Å². The van der Waals surface area contributed by atoms with Gasteiger partial charge in [0.1, 0.15) is 11.9 Å². The monoisotopic (exact) mass is 343 g/mol. The summed E-state index contributed by atoms with van der Waals surface area (Å²) in [6.07, 6.45) is 1.05. The fourth-order valence-electron chi connectivity index (χ4n) is 2.68. The van der Waals surface area contributed by atoms with Crippen molar-refractivity contribution in [2.24, 2.45) is 0 Å². The molecule has 0 spiro atoms. The maximum atomic E-state index is 13.1. The molecule has 1 aliphatic heterocycles. The first-order valence-corrected chi connectivity index (χ1v) is 9.27. The summed E-state index contributed by atoms with van der Waals surface area (Å²) >= 11 is 0. The van der Waals surface area contributed by atoms with Crippen LogP contribution in [0.4, 0.5) is 10.1 Å². The summed E-state index contributed by atoms with van der Waals surface area (Å²) in [5.74, 6) is -0.701. The van der Waals surface area contributed by atoms with E-state index in [9.17, 15) is 17.6 Å². The normalized spacial score (nSPS) is 17.8. The summed E-state index contributed by atoms with van der Waals surface area (Å²) in [5.41, 5.74) is 0.281. The van der Waals surface area contributed by atoms with E-state index in [0.717, 1.165) is 23.7 Å². The maximum absolute atomic E-state index is 13.1. The van der Waals surface area contributed by atoms with Crippen molar-refractivity contribution >= 4 is 21.6 Å². The molecule has 128 valence electrons. The predicted octanol–water partition coefficient (Wildman–Crippen LogP) is 0.754. The number of carbonyl (C=O) groups is 1. The molecule has 6 nitrogen and oxygen atoms in total. The molecule has 1 atom stereocenters. The smallest absolute Gasteiger partial charge is 0.246 e. The highest BCUT2D eigenvalue weighted by atomic mass is 32.2. The molecule has 1 aliphatic rings. The number of likely N-dealkylation sites (N-methyl/N-ethyl adjacent to an activating group) is 1. The largest absolute Gasteiger partial charge is 0.338 e. The molecule has 8 heteroatoms. The van der Waals surface area contributed by atoms with Crippen molar-refractivity contribution in [1.82, 2.24) is 9.80 Å². The van der Waals surface area contributed by atoms with Crippen LogP contribution in [0.15, 0.2) is 24.3 Å². The van der Waals surface area contributed by atoms with Gasteiger partial charge in [0.2, 0.25) is 15.9 Å². The van der Waals surface area contributed by atoms with Gasteiger partial charge in [-0.3, -0.25) is 9.10 Å². The molecule has 1 saturated heterocycles. The molecule has 0 N–H and O–H groups in total. The Balaban J connectivity index is 2.25. The zero-order valence-electron chi connectivity index (χ0n) is 13.6. The van der Waals surface area contributed by atoms with Crippen molar-refractivity contribution < 1.29 is 17.6 Å². The van der Waals surface area contributed by atoms with E-state index in [2.05, 4.69) is 4.90 Å². The lowest BCUT2D eigenvalue weighted by molar-refractivity contribution is -0.133. The Labute approximate surface area is 136 Å². The number of halogens is 1. The first-order valence-electron chi connectivity index (χ1n) is 7.42. The molecule has 0 saturated carbocycles. The Morgan fingerprint density at radius 3 is 2.17 bits per heavy atom. The summed E-state index contributed by atoms with van der Waals surface area (Å²) in [6, 6.07) is 4.22. The van der Waals surface area contributed by atoms with E-state index in [1.54, 1.807) is 11.8 Å². The van der Waals surface area contributed by atoms with Crippen LogP contribution in [0.5, 0.6) is 0 Å². The molecule has 1 heterocycles. The molecular formula is C15H22FN3O3S. The summed E-state index contributed by atoms with van der Waals surface area (Å²) in [7, 11) is -1.69. The number of nitrogens with zero attached hydrogens (tertiary/aromatic N) is 3. The number of hydrogen-bond acceptors (Lipinski definition) is 4. The second-order valence-electron chi connectivity index (χ2n) is 5.84. The molecule has 1 amide bonds. The predicted molar refractivity (Wildman–Crippen MR) is 87.3 cm³/mol. The van der Waals surface area contributed by atoms with E-state index in [-0.39, 0.29) is 11.6 Å². The molecule has 1 fully saturated rings. The van der Waals surface area contributed by atoms with E-state index < -0.39 is 21.9 Å². The van der Waals surface area contributed by atoms with Gasteiger partial charge in [0.05, 0.1) is 11.9 Å². The fraction of sp³-hybridized carbons (Fsp3) is 0.533. The average molecular weight is 343 g/mol. The van der Waals surface area contributed by atoms with Gasteiger partial charge in [-0.1, -0.05) is 0 Å². The van der Waals surface area contributed by atoms with Crippen LogP contribution in [-0.2, 0) is 14.8 Å². The first kappa shape index (κ1) is 17.7. The van der Waals surface area contributed by atoms with Crippen molar-refractivity contribution in [3.63, 3.8) is 0 Å². The van der Waals surface area contributed by atoms with Gasteiger partial charge in [0, 0.05) is 26.2 Å². The molecule has 1 aromatic rings. The lowest BCUT2D eigenvalue weighted by Crippen LogP contribution is -2.54. The molecule has 0 radical (unpaired) electrons. The van der Waals surface area contributed by atoms with Crippen molar-refractivity contribution in [1.29, 1.82) is 0 Å². The van der Waals surface area contributed by atoms with Crippen LogP contribution in [0.25, 0.3) is 0 Å². The highest BCUT2D eigenvalue weighted by Crippen LogP contribution is 2.22. The Hall–Kier alpha value is -1.67. The highest BCUT2D eigenvalue weighted by Gasteiger charge is 2.32. The third kappa shape index (κ3) is 4.20. The van der Waals surface area contributed by atoms with Crippen LogP contribution in [0.2, 0.25) is 0 Å². The second-order valence-corrected chi connectivity index (χ2v) is 7.70. The van der Waals surface area contributed by atoms with Gasteiger partial charge in [0.15, 0.2) is 0 Å². The SMILES string of the molecule is C[C@@H](C(=O)N1CCN(C)CC1)N(c1ccc(F)cc1)S(C)(=O)=O. The number of amides is 1. The molecule has 0 aromatic heterocycles. The average Bonchev–Trinajstić information content (AvgIpc) is 2.48. The zero-order chi connectivity index (χ0) is 17.2. The number of rotatable bonds is 4. The van der Waals surface area contributed by atoms with Crippen molar-refractivity contribution in [2.75, 3.05) is 43.8 Å². The summed E-state index contributed by atoms with van der Waals surface area (Å²) in [5, 5.41) is 0. The van der Waals surface area contributed by atoms with Crippen LogP contribution in [0, 0.1) is 5.82 Å². The van der Waals surface area contributed by atoms with Gasteiger partial charge >= 0.3 is 0 Å². The van der Waals surface area contributed by atoms with E-state index in [4.69, 9.17) is 0 Å². The van der Waals surface area contributed by atoms with Gasteiger partial charge in [-0.15, -0.1) is 0 Å². The first-order chi connectivity index (χ1) is 10.7. The Morgan fingerprint density at radius 1 is 1.17 bits per heavy atom. The number of piperazine rings is 1. The third-order valence-corrected chi connectivity index (χ3v) is 5.20. The van der Waals surface area contributed by atoms with Crippen molar-refractivity contribution in [2.45, 2.75) is 13.0 Å². The standard InChI is InChI=1S/C15H22FN3O3S/c1-12(15(20)18-10-8-17(2)9-11-18)19(23(3,21)22)14-6-4-13(16)5-7-14/h4-7,12H,8-11H2,1-3H3/t12-/m0/s1. The van der Waals surface area contributed by atoms with E-state index in [1.807, 2.05) is 7.05 Å². The quantitative estimate of drug-likeness (QED) is 0.810. The maximum Gasteiger partial charge on any atom is 0.246 e. The lowest BCUT2D eigenvalue weighted by atomic mass is 10.2.